The maximum absolute atomic E-state index is 12.9. The third-order valence-corrected chi connectivity index (χ3v) is 5.56. The number of aromatic hydroxyl groups is 2. The zero-order chi connectivity index (χ0) is 20.3. The maximum Gasteiger partial charge on any atom is 0.235 e. The molecule has 0 atom stereocenters. The predicted octanol–water partition coefficient (Wildman–Crippen LogP) is 3.12. The summed E-state index contributed by atoms with van der Waals surface area (Å²) in [5, 5.41) is 20.8. The quantitative estimate of drug-likeness (QED) is 0.652. The Labute approximate surface area is 167 Å². The fourth-order valence-corrected chi connectivity index (χ4v) is 4.14. The lowest BCUT2D eigenvalue weighted by molar-refractivity contribution is 0.101. The van der Waals surface area contributed by atoms with Gasteiger partial charge in [0.15, 0.2) is 5.76 Å². The summed E-state index contributed by atoms with van der Waals surface area (Å²) in [5.74, 6) is 0.153. The van der Waals surface area contributed by atoms with Crippen molar-refractivity contribution in [1.82, 2.24) is 9.47 Å². The molecule has 2 N–H and O–H groups in total. The molecule has 29 heavy (non-hydrogen) atoms. The SMILES string of the molecule is COc1ccc2c(c1)c(/C=C1/Oc3cc(O)cc(O)c3C1=O)c1n2CCN(C)C1. The molecule has 0 spiro atoms. The number of phenolic OH excluding ortho intramolecular Hbond substituents is 2. The molecule has 148 valence electrons. The molecule has 2 aliphatic rings. The molecule has 0 saturated heterocycles. The third-order valence-electron chi connectivity index (χ3n) is 5.56. The number of aromatic nitrogens is 1. The Hall–Kier alpha value is -3.45. The van der Waals surface area contributed by atoms with Gasteiger partial charge in [-0.2, -0.15) is 0 Å². The molecule has 0 aliphatic carbocycles. The summed E-state index contributed by atoms with van der Waals surface area (Å²) >= 11 is 0. The average Bonchev–Trinajstić information content (AvgIpc) is 3.16. The molecule has 0 unspecified atom stereocenters. The van der Waals surface area contributed by atoms with Crippen LogP contribution in [0.5, 0.6) is 23.0 Å². The van der Waals surface area contributed by atoms with Crippen LogP contribution < -0.4 is 9.47 Å². The van der Waals surface area contributed by atoms with E-state index in [9.17, 15) is 15.0 Å². The van der Waals surface area contributed by atoms with Crippen molar-refractivity contribution in [3.05, 3.63) is 52.9 Å². The molecule has 0 saturated carbocycles. The molecule has 3 heterocycles. The van der Waals surface area contributed by atoms with Crippen LogP contribution in [-0.2, 0) is 13.1 Å². The van der Waals surface area contributed by atoms with E-state index >= 15 is 0 Å². The van der Waals surface area contributed by atoms with Crippen LogP contribution in [0.4, 0.5) is 0 Å². The zero-order valence-corrected chi connectivity index (χ0v) is 16.1. The van der Waals surface area contributed by atoms with Gasteiger partial charge in [0.2, 0.25) is 5.78 Å². The highest BCUT2D eigenvalue weighted by Crippen LogP contribution is 2.42. The molecule has 0 amide bonds. The van der Waals surface area contributed by atoms with Crippen molar-refractivity contribution in [2.45, 2.75) is 13.1 Å². The summed E-state index contributed by atoms with van der Waals surface area (Å²) in [6.45, 7) is 2.53. The first-order valence-electron chi connectivity index (χ1n) is 9.34. The summed E-state index contributed by atoms with van der Waals surface area (Å²) in [6, 6.07) is 8.39. The Kier molecular flexibility index (Phi) is 3.82. The van der Waals surface area contributed by atoms with E-state index in [1.807, 2.05) is 18.2 Å². The van der Waals surface area contributed by atoms with Crippen LogP contribution in [0.1, 0.15) is 21.6 Å². The number of ketones is 1. The Morgan fingerprint density at radius 1 is 1.17 bits per heavy atom. The van der Waals surface area contributed by atoms with Crippen LogP contribution in [0.25, 0.3) is 17.0 Å². The van der Waals surface area contributed by atoms with E-state index in [1.165, 1.54) is 6.07 Å². The molecule has 2 aromatic carbocycles. The van der Waals surface area contributed by atoms with Crippen molar-refractivity contribution in [3.8, 4) is 23.0 Å². The van der Waals surface area contributed by atoms with E-state index in [0.29, 0.717) is 0 Å². The minimum atomic E-state index is -0.405. The van der Waals surface area contributed by atoms with Crippen molar-refractivity contribution in [3.63, 3.8) is 0 Å². The highest BCUT2D eigenvalue weighted by molar-refractivity contribution is 6.17. The molecule has 1 aromatic heterocycles. The summed E-state index contributed by atoms with van der Waals surface area (Å²) in [5.41, 5.74) is 3.13. The van der Waals surface area contributed by atoms with Gasteiger partial charge in [0, 0.05) is 53.9 Å². The Morgan fingerprint density at radius 3 is 2.79 bits per heavy atom. The molecule has 0 radical (unpaired) electrons. The number of Topliss-reactive ketones (excluding diaryl/α,β-unsaturated/α-hetero) is 1. The van der Waals surface area contributed by atoms with E-state index in [1.54, 1.807) is 13.2 Å². The van der Waals surface area contributed by atoms with Crippen LogP contribution in [0.15, 0.2) is 36.1 Å². The number of rotatable bonds is 2. The molecule has 3 aromatic rings. The van der Waals surface area contributed by atoms with E-state index in [-0.39, 0.29) is 28.6 Å². The number of methoxy groups -OCH3 is 1. The molecular formula is C22H20N2O5. The van der Waals surface area contributed by atoms with Crippen LogP contribution in [-0.4, -0.2) is 46.2 Å². The van der Waals surface area contributed by atoms with Gasteiger partial charge in [-0.05, 0) is 31.3 Å². The van der Waals surface area contributed by atoms with Gasteiger partial charge < -0.3 is 24.3 Å². The second kappa shape index (κ2) is 6.28. The van der Waals surface area contributed by atoms with Crippen molar-refractivity contribution < 1.29 is 24.5 Å². The lowest BCUT2D eigenvalue weighted by Gasteiger charge is -2.25. The number of carbonyl (C=O) groups is 1. The topological polar surface area (TPSA) is 84.2 Å². The number of hydrogen-bond donors (Lipinski definition) is 2. The first kappa shape index (κ1) is 17.6. The smallest absolute Gasteiger partial charge is 0.235 e. The number of carbonyl (C=O) groups excluding carboxylic acids is 1. The highest BCUT2D eigenvalue weighted by Gasteiger charge is 2.32. The maximum atomic E-state index is 12.9. The van der Waals surface area contributed by atoms with Crippen LogP contribution >= 0.6 is 0 Å². The minimum Gasteiger partial charge on any atom is -0.508 e. The van der Waals surface area contributed by atoms with Gasteiger partial charge in [0.1, 0.15) is 28.6 Å². The van der Waals surface area contributed by atoms with E-state index in [4.69, 9.17) is 9.47 Å². The van der Waals surface area contributed by atoms with Gasteiger partial charge >= 0.3 is 0 Å². The van der Waals surface area contributed by atoms with Gasteiger partial charge in [-0.15, -0.1) is 0 Å². The number of likely N-dealkylation sites (N-methyl/N-ethyl adjacent to an activating group) is 1. The summed E-state index contributed by atoms with van der Waals surface area (Å²) < 4.78 is 13.4. The number of fused-ring (bicyclic) bond motifs is 4. The molecule has 0 fully saturated rings. The normalized spacial score (nSPS) is 17.4. The van der Waals surface area contributed by atoms with Crippen LogP contribution in [0.2, 0.25) is 0 Å². The average molecular weight is 392 g/mol. The second-order valence-electron chi connectivity index (χ2n) is 7.41. The Balaban J connectivity index is 1.70. The summed E-state index contributed by atoms with van der Waals surface area (Å²) in [6.07, 6.45) is 1.73. The zero-order valence-electron chi connectivity index (χ0n) is 16.1. The molecule has 7 nitrogen and oxygen atoms in total. The Bertz CT molecular complexity index is 1210. The number of hydrogen-bond acceptors (Lipinski definition) is 6. The van der Waals surface area contributed by atoms with E-state index < -0.39 is 5.78 Å². The molecule has 5 rings (SSSR count). The molecule has 2 aliphatic heterocycles. The van der Waals surface area contributed by atoms with E-state index in [2.05, 4.69) is 16.5 Å². The number of allylic oxidation sites excluding steroid dienone is 1. The van der Waals surface area contributed by atoms with E-state index in [0.717, 1.165) is 53.6 Å². The highest BCUT2D eigenvalue weighted by atomic mass is 16.5. The van der Waals surface area contributed by atoms with Crippen molar-refractivity contribution in [2.75, 3.05) is 20.7 Å². The van der Waals surface area contributed by atoms with Gasteiger partial charge in [-0.25, -0.2) is 0 Å². The number of phenols is 2. The van der Waals surface area contributed by atoms with Gasteiger partial charge in [0.25, 0.3) is 0 Å². The monoisotopic (exact) mass is 392 g/mol. The first-order chi connectivity index (χ1) is 14.0. The Morgan fingerprint density at radius 2 is 2.00 bits per heavy atom. The first-order valence-corrected chi connectivity index (χ1v) is 9.34. The van der Waals surface area contributed by atoms with Gasteiger partial charge in [-0.1, -0.05) is 0 Å². The van der Waals surface area contributed by atoms with Crippen molar-refractivity contribution in [1.29, 1.82) is 0 Å². The predicted molar refractivity (Wildman–Crippen MR) is 108 cm³/mol. The second-order valence-corrected chi connectivity index (χ2v) is 7.41. The number of nitrogens with zero attached hydrogens (tertiary/aromatic N) is 2. The largest absolute Gasteiger partial charge is 0.508 e. The number of benzene rings is 2. The van der Waals surface area contributed by atoms with Crippen LogP contribution in [0.3, 0.4) is 0 Å². The fourth-order valence-electron chi connectivity index (χ4n) is 4.14. The molecular weight excluding hydrogens is 372 g/mol. The number of ether oxygens (including phenoxy) is 2. The molecule has 7 heteroatoms. The summed E-state index contributed by atoms with van der Waals surface area (Å²) in [4.78, 5) is 15.1. The molecule has 0 bridgehead atoms. The fraction of sp³-hybridized carbons (Fsp3) is 0.227. The minimum absolute atomic E-state index is 0.0705. The summed E-state index contributed by atoms with van der Waals surface area (Å²) in [7, 11) is 3.69. The lowest BCUT2D eigenvalue weighted by Crippen LogP contribution is -2.30. The van der Waals surface area contributed by atoms with Gasteiger partial charge in [0.05, 0.1) is 7.11 Å². The van der Waals surface area contributed by atoms with Crippen molar-refractivity contribution >= 4 is 22.8 Å². The van der Waals surface area contributed by atoms with Crippen LogP contribution in [0, 0.1) is 0 Å². The third kappa shape index (κ3) is 2.66. The lowest BCUT2D eigenvalue weighted by atomic mass is 10.1. The van der Waals surface area contributed by atoms with Gasteiger partial charge in [-0.3, -0.25) is 9.69 Å². The van der Waals surface area contributed by atoms with Crippen molar-refractivity contribution in [2.24, 2.45) is 0 Å². The standard InChI is InChI=1S/C22H20N2O5/c1-23-5-6-24-16-4-3-13(28-2)9-14(16)15(17(24)11-23)10-20-22(27)21-18(26)7-12(25)8-19(21)29-20/h3-4,7-10,25-26H,5-6,11H2,1-2H3/b20-10+.